The second-order valence-corrected chi connectivity index (χ2v) is 6.29. The summed E-state index contributed by atoms with van der Waals surface area (Å²) < 4.78 is 19.6. The summed E-state index contributed by atoms with van der Waals surface area (Å²) >= 11 is 0. The Labute approximate surface area is 127 Å². The zero-order chi connectivity index (χ0) is 15.2. The molecule has 0 aliphatic heterocycles. The normalized spacial score (nSPS) is 23.8. The van der Waals surface area contributed by atoms with Crippen molar-refractivity contribution < 1.29 is 9.13 Å². The first-order valence-electron chi connectivity index (χ1n) is 8.33. The van der Waals surface area contributed by atoms with E-state index in [0.29, 0.717) is 6.42 Å². The van der Waals surface area contributed by atoms with E-state index in [1.165, 1.54) is 25.3 Å². The molecule has 118 valence electrons. The van der Waals surface area contributed by atoms with Gasteiger partial charge in [-0.1, -0.05) is 20.3 Å². The predicted octanol–water partition coefficient (Wildman–Crippen LogP) is 4.45. The van der Waals surface area contributed by atoms with Gasteiger partial charge in [0, 0.05) is 6.04 Å². The Morgan fingerprint density at radius 3 is 2.57 bits per heavy atom. The van der Waals surface area contributed by atoms with Crippen LogP contribution in [0.4, 0.5) is 4.39 Å². The van der Waals surface area contributed by atoms with Gasteiger partial charge in [-0.3, -0.25) is 0 Å². The third-order valence-corrected chi connectivity index (χ3v) is 4.69. The van der Waals surface area contributed by atoms with Gasteiger partial charge in [-0.05, 0) is 68.2 Å². The summed E-state index contributed by atoms with van der Waals surface area (Å²) in [5.74, 6) is 1.46. The van der Waals surface area contributed by atoms with Crippen molar-refractivity contribution >= 4 is 0 Å². The molecule has 0 heterocycles. The molecule has 1 aliphatic rings. The Hall–Kier alpha value is -1.09. The highest BCUT2D eigenvalue weighted by atomic mass is 19.1. The first-order chi connectivity index (χ1) is 10.1. The number of ether oxygens (including phenoxy) is 1. The molecule has 1 aliphatic carbocycles. The van der Waals surface area contributed by atoms with Crippen molar-refractivity contribution in [3.8, 4) is 5.75 Å². The molecule has 0 amide bonds. The lowest BCUT2D eigenvalue weighted by Gasteiger charge is -2.29. The molecule has 0 bridgehead atoms. The molecule has 21 heavy (non-hydrogen) atoms. The highest BCUT2D eigenvalue weighted by Gasteiger charge is 2.22. The predicted molar refractivity (Wildman–Crippen MR) is 85.0 cm³/mol. The average Bonchev–Trinajstić information content (AvgIpc) is 2.50. The van der Waals surface area contributed by atoms with Crippen LogP contribution in [0.5, 0.6) is 5.75 Å². The van der Waals surface area contributed by atoms with Gasteiger partial charge in [-0.2, -0.15) is 0 Å². The number of hydrogen-bond donors (Lipinski definition) is 1. The van der Waals surface area contributed by atoms with Crippen molar-refractivity contribution in [2.75, 3.05) is 0 Å². The summed E-state index contributed by atoms with van der Waals surface area (Å²) in [5, 5.41) is 0. The van der Waals surface area contributed by atoms with Crippen molar-refractivity contribution in [3.05, 3.63) is 29.6 Å². The Morgan fingerprint density at radius 2 is 1.95 bits per heavy atom. The molecular weight excluding hydrogens is 265 g/mol. The molecule has 2 rings (SSSR count). The van der Waals surface area contributed by atoms with E-state index in [4.69, 9.17) is 10.5 Å². The molecule has 1 saturated carbocycles. The zero-order valence-electron chi connectivity index (χ0n) is 13.3. The van der Waals surface area contributed by atoms with E-state index in [-0.39, 0.29) is 18.0 Å². The largest absolute Gasteiger partial charge is 0.490 e. The van der Waals surface area contributed by atoms with Crippen molar-refractivity contribution in [1.29, 1.82) is 0 Å². The molecule has 2 nitrogen and oxygen atoms in total. The van der Waals surface area contributed by atoms with Crippen LogP contribution in [0.3, 0.4) is 0 Å². The van der Waals surface area contributed by atoms with Gasteiger partial charge in [0.05, 0.1) is 6.10 Å². The van der Waals surface area contributed by atoms with E-state index in [0.717, 1.165) is 36.5 Å². The fourth-order valence-corrected chi connectivity index (χ4v) is 3.09. The standard InChI is InChI=1S/C18H28FNO/c1-3-13-5-8-17(9-6-13)21-18-10-7-15(19)11-14(18)12-16(20)4-2/h7,10-11,13,16-17H,3-6,8-9,12,20H2,1-2H3. The zero-order valence-corrected chi connectivity index (χ0v) is 13.3. The molecule has 2 N–H and O–H groups in total. The van der Waals surface area contributed by atoms with E-state index in [1.54, 1.807) is 12.1 Å². The van der Waals surface area contributed by atoms with Gasteiger partial charge >= 0.3 is 0 Å². The highest BCUT2D eigenvalue weighted by Crippen LogP contribution is 2.31. The molecule has 1 atom stereocenters. The Balaban J connectivity index is 2.02. The molecular formula is C18H28FNO. The van der Waals surface area contributed by atoms with E-state index in [2.05, 4.69) is 13.8 Å². The van der Waals surface area contributed by atoms with Crippen LogP contribution in [0, 0.1) is 11.7 Å². The average molecular weight is 293 g/mol. The number of rotatable bonds is 6. The van der Waals surface area contributed by atoms with Gasteiger partial charge in [-0.15, -0.1) is 0 Å². The maximum Gasteiger partial charge on any atom is 0.123 e. The second kappa shape index (κ2) is 7.79. The van der Waals surface area contributed by atoms with Crippen molar-refractivity contribution in [3.63, 3.8) is 0 Å². The highest BCUT2D eigenvalue weighted by molar-refractivity contribution is 5.35. The smallest absolute Gasteiger partial charge is 0.123 e. The fourth-order valence-electron chi connectivity index (χ4n) is 3.09. The number of halogens is 1. The maximum atomic E-state index is 13.5. The third-order valence-electron chi connectivity index (χ3n) is 4.69. The third kappa shape index (κ3) is 4.70. The van der Waals surface area contributed by atoms with Crippen molar-refractivity contribution in [1.82, 2.24) is 0 Å². The van der Waals surface area contributed by atoms with Gasteiger partial charge in [-0.25, -0.2) is 4.39 Å². The quantitative estimate of drug-likeness (QED) is 0.841. The lowest BCUT2D eigenvalue weighted by Crippen LogP contribution is -2.25. The van der Waals surface area contributed by atoms with Crippen molar-refractivity contribution in [2.24, 2.45) is 11.7 Å². The SMILES string of the molecule is CCC(N)Cc1cc(F)ccc1OC1CCC(CC)CC1. The second-order valence-electron chi connectivity index (χ2n) is 6.29. The van der Waals surface area contributed by atoms with Gasteiger partial charge in [0.25, 0.3) is 0 Å². The summed E-state index contributed by atoms with van der Waals surface area (Å²) in [6, 6.07) is 4.88. The van der Waals surface area contributed by atoms with E-state index in [9.17, 15) is 4.39 Å². The van der Waals surface area contributed by atoms with E-state index >= 15 is 0 Å². The summed E-state index contributed by atoms with van der Waals surface area (Å²) in [6.07, 6.45) is 7.79. The summed E-state index contributed by atoms with van der Waals surface area (Å²) in [5.41, 5.74) is 6.92. The molecule has 0 saturated heterocycles. The molecule has 0 radical (unpaired) electrons. The van der Waals surface area contributed by atoms with Gasteiger partial charge in [0.15, 0.2) is 0 Å². The Kier molecular flexibility index (Phi) is 6.04. The molecule has 1 fully saturated rings. The van der Waals surface area contributed by atoms with Crippen LogP contribution in [0.2, 0.25) is 0 Å². The lowest BCUT2D eigenvalue weighted by molar-refractivity contribution is 0.128. The molecule has 1 aromatic carbocycles. The van der Waals surface area contributed by atoms with Crippen LogP contribution in [0.15, 0.2) is 18.2 Å². The topological polar surface area (TPSA) is 35.2 Å². The van der Waals surface area contributed by atoms with Crippen molar-refractivity contribution in [2.45, 2.75) is 70.9 Å². The van der Waals surface area contributed by atoms with Gasteiger partial charge in [0.2, 0.25) is 0 Å². The minimum Gasteiger partial charge on any atom is -0.490 e. The van der Waals surface area contributed by atoms with Gasteiger partial charge in [0.1, 0.15) is 11.6 Å². The number of hydrogen-bond acceptors (Lipinski definition) is 2. The van der Waals surface area contributed by atoms with Crippen LogP contribution in [-0.4, -0.2) is 12.1 Å². The Morgan fingerprint density at radius 1 is 1.24 bits per heavy atom. The fraction of sp³-hybridized carbons (Fsp3) is 0.667. The summed E-state index contributed by atoms with van der Waals surface area (Å²) in [7, 11) is 0. The first-order valence-corrected chi connectivity index (χ1v) is 8.33. The maximum absolute atomic E-state index is 13.5. The van der Waals surface area contributed by atoms with Crippen LogP contribution in [0.1, 0.15) is 57.9 Å². The number of nitrogens with two attached hydrogens (primary N) is 1. The monoisotopic (exact) mass is 293 g/mol. The van der Waals surface area contributed by atoms with Crippen LogP contribution in [0.25, 0.3) is 0 Å². The first kappa shape index (κ1) is 16.3. The van der Waals surface area contributed by atoms with Crippen LogP contribution >= 0.6 is 0 Å². The Bertz CT molecular complexity index is 441. The summed E-state index contributed by atoms with van der Waals surface area (Å²) in [6.45, 7) is 4.31. The minimum absolute atomic E-state index is 0.0602. The van der Waals surface area contributed by atoms with E-state index < -0.39 is 0 Å². The molecule has 0 aromatic heterocycles. The summed E-state index contributed by atoms with van der Waals surface area (Å²) in [4.78, 5) is 0. The lowest BCUT2D eigenvalue weighted by atomic mass is 9.86. The number of benzene rings is 1. The van der Waals surface area contributed by atoms with Crippen LogP contribution < -0.4 is 10.5 Å². The molecule has 3 heteroatoms. The van der Waals surface area contributed by atoms with Gasteiger partial charge < -0.3 is 10.5 Å². The molecule has 1 aromatic rings. The van der Waals surface area contributed by atoms with E-state index in [1.807, 2.05) is 0 Å². The minimum atomic E-state index is -0.213. The van der Waals surface area contributed by atoms with Crippen LogP contribution in [-0.2, 0) is 6.42 Å². The molecule has 1 unspecified atom stereocenters. The molecule has 0 spiro atoms.